The molecule has 1 aliphatic carbocycles. The predicted octanol–water partition coefficient (Wildman–Crippen LogP) is 1.52. The van der Waals surface area contributed by atoms with Crippen molar-refractivity contribution in [2.45, 2.75) is 12.3 Å². The highest BCUT2D eigenvalue weighted by Gasteiger charge is 2.45. The van der Waals surface area contributed by atoms with Crippen LogP contribution in [0.15, 0.2) is 24.3 Å². The van der Waals surface area contributed by atoms with E-state index in [4.69, 9.17) is 9.94 Å². The molecule has 0 saturated heterocycles. The number of aromatic hydroxyl groups is 1. The van der Waals surface area contributed by atoms with E-state index >= 15 is 0 Å². The topological polar surface area (TPSA) is 49.8 Å². The van der Waals surface area contributed by atoms with E-state index in [1.165, 1.54) is 12.2 Å². The zero-order valence-corrected chi connectivity index (χ0v) is 9.38. The van der Waals surface area contributed by atoms with Crippen LogP contribution in [0, 0.1) is 5.92 Å². The first kappa shape index (κ1) is 11.0. The Bertz CT molecular complexity index is 388. The number of benzene rings is 1. The van der Waals surface area contributed by atoms with Crippen LogP contribution in [0.3, 0.4) is 0 Å². The first-order valence-corrected chi connectivity index (χ1v) is 5.24. The monoisotopic (exact) mass is 221 g/mol. The van der Waals surface area contributed by atoms with E-state index in [0.29, 0.717) is 0 Å². The van der Waals surface area contributed by atoms with E-state index in [1.807, 2.05) is 12.1 Å². The van der Waals surface area contributed by atoms with Crippen LogP contribution in [0.1, 0.15) is 17.9 Å². The van der Waals surface area contributed by atoms with Gasteiger partial charge in [0.15, 0.2) is 0 Å². The van der Waals surface area contributed by atoms with Crippen LogP contribution in [0.5, 0.6) is 5.75 Å². The molecule has 1 fully saturated rings. The van der Waals surface area contributed by atoms with Gasteiger partial charge in [-0.25, -0.2) is 5.06 Å². The third-order valence-electron chi connectivity index (χ3n) is 3.01. The Balaban J connectivity index is 2.01. The lowest BCUT2D eigenvalue weighted by molar-refractivity contribution is -0.170. The fourth-order valence-electron chi connectivity index (χ4n) is 1.88. The minimum Gasteiger partial charge on any atom is -0.508 e. The van der Waals surface area contributed by atoms with Gasteiger partial charge >= 0.3 is 0 Å². The van der Waals surface area contributed by atoms with Gasteiger partial charge in [-0.2, -0.15) is 0 Å². The van der Waals surface area contributed by atoms with Crippen molar-refractivity contribution in [3.8, 4) is 5.75 Å². The lowest BCUT2D eigenvalue weighted by Crippen LogP contribution is -2.27. The molecule has 0 radical (unpaired) electrons. The molecule has 0 heterocycles. The predicted molar refractivity (Wildman–Crippen MR) is 58.7 cm³/mol. The molecule has 2 unspecified atom stereocenters. The second kappa shape index (κ2) is 4.14. The number of nitrogens with zero attached hydrogens (tertiary/aromatic N) is 1. The molecule has 1 aromatic rings. The van der Waals surface area contributed by atoms with Crippen molar-refractivity contribution >= 4 is 5.91 Å². The van der Waals surface area contributed by atoms with Crippen molar-refractivity contribution in [1.82, 2.24) is 5.06 Å². The Labute approximate surface area is 94.4 Å². The summed E-state index contributed by atoms with van der Waals surface area (Å²) in [5, 5.41) is 10.4. The molecule has 1 aliphatic rings. The highest BCUT2D eigenvalue weighted by molar-refractivity contribution is 5.81. The Morgan fingerprint density at radius 1 is 1.44 bits per heavy atom. The van der Waals surface area contributed by atoms with Crippen LogP contribution < -0.4 is 0 Å². The summed E-state index contributed by atoms with van der Waals surface area (Å²) in [7, 11) is 3.10. The molecular weight excluding hydrogens is 206 g/mol. The molecule has 16 heavy (non-hydrogen) atoms. The number of hydrogen-bond acceptors (Lipinski definition) is 3. The molecular formula is C12H15NO3. The van der Waals surface area contributed by atoms with E-state index in [9.17, 15) is 4.79 Å². The van der Waals surface area contributed by atoms with Crippen LogP contribution in [0.2, 0.25) is 0 Å². The van der Waals surface area contributed by atoms with Gasteiger partial charge in [-0.15, -0.1) is 0 Å². The van der Waals surface area contributed by atoms with Crippen LogP contribution in [0.25, 0.3) is 0 Å². The van der Waals surface area contributed by atoms with Crippen molar-refractivity contribution in [1.29, 1.82) is 0 Å². The first-order chi connectivity index (χ1) is 7.63. The first-order valence-electron chi connectivity index (χ1n) is 5.24. The molecule has 86 valence electrons. The fourth-order valence-corrected chi connectivity index (χ4v) is 1.88. The fraction of sp³-hybridized carbons (Fsp3) is 0.417. The Kier molecular flexibility index (Phi) is 2.83. The molecule has 0 aromatic heterocycles. The lowest BCUT2D eigenvalue weighted by atomic mass is 10.1. The van der Waals surface area contributed by atoms with Crippen LogP contribution >= 0.6 is 0 Å². The second-order valence-corrected chi connectivity index (χ2v) is 4.06. The summed E-state index contributed by atoms with van der Waals surface area (Å²) < 4.78 is 0. The quantitative estimate of drug-likeness (QED) is 0.787. The maximum atomic E-state index is 11.7. The number of phenolic OH excluding ortho intramolecular Hbond substituents is 1. The van der Waals surface area contributed by atoms with E-state index in [0.717, 1.165) is 12.0 Å². The molecule has 0 spiro atoms. The van der Waals surface area contributed by atoms with Gasteiger partial charge in [-0.3, -0.25) is 9.63 Å². The molecule has 1 aromatic carbocycles. The molecule has 0 aliphatic heterocycles. The SMILES string of the molecule is CON(C)C(=O)C1CC1c1ccc(O)cc1. The average molecular weight is 221 g/mol. The third kappa shape index (κ3) is 2.02. The Hall–Kier alpha value is -1.55. The molecule has 2 atom stereocenters. The highest BCUT2D eigenvalue weighted by atomic mass is 16.7. The van der Waals surface area contributed by atoms with Crippen molar-refractivity contribution in [3.63, 3.8) is 0 Å². The number of carbonyl (C=O) groups is 1. The second-order valence-electron chi connectivity index (χ2n) is 4.06. The maximum absolute atomic E-state index is 11.7. The standard InChI is InChI=1S/C12H15NO3/c1-13(16-2)12(15)11-7-10(11)8-3-5-9(14)6-4-8/h3-6,10-11,14H,7H2,1-2H3. The summed E-state index contributed by atoms with van der Waals surface area (Å²) in [6, 6.07) is 7.02. The summed E-state index contributed by atoms with van der Waals surface area (Å²) in [4.78, 5) is 16.6. The highest BCUT2D eigenvalue weighted by Crippen LogP contribution is 2.48. The van der Waals surface area contributed by atoms with Crippen molar-refractivity contribution in [2.24, 2.45) is 5.92 Å². The van der Waals surface area contributed by atoms with Gasteiger partial charge in [0, 0.05) is 13.0 Å². The molecule has 1 amide bonds. The summed E-state index contributed by atoms with van der Waals surface area (Å²) in [6.45, 7) is 0. The Morgan fingerprint density at radius 3 is 2.62 bits per heavy atom. The number of rotatable bonds is 3. The number of hydrogen-bond donors (Lipinski definition) is 1. The van der Waals surface area contributed by atoms with Gasteiger partial charge in [0.1, 0.15) is 5.75 Å². The minimum atomic E-state index is 0.0144. The summed E-state index contributed by atoms with van der Waals surface area (Å²) >= 11 is 0. The molecule has 1 N–H and O–H groups in total. The van der Waals surface area contributed by atoms with E-state index < -0.39 is 0 Å². The number of phenols is 1. The summed E-state index contributed by atoms with van der Waals surface area (Å²) in [5.41, 5.74) is 1.10. The zero-order chi connectivity index (χ0) is 11.7. The van der Waals surface area contributed by atoms with Gasteiger partial charge < -0.3 is 5.11 Å². The van der Waals surface area contributed by atoms with Gasteiger partial charge in [-0.1, -0.05) is 12.1 Å². The normalized spacial score (nSPS) is 22.9. The van der Waals surface area contributed by atoms with Crippen LogP contribution in [-0.2, 0) is 9.63 Å². The average Bonchev–Trinajstić information content (AvgIpc) is 3.08. The molecule has 4 nitrogen and oxygen atoms in total. The molecule has 0 bridgehead atoms. The van der Waals surface area contributed by atoms with Crippen molar-refractivity contribution < 1.29 is 14.7 Å². The smallest absolute Gasteiger partial charge is 0.249 e. The summed E-state index contributed by atoms with van der Waals surface area (Å²) in [6.07, 6.45) is 0.858. The van der Waals surface area contributed by atoms with Gasteiger partial charge in [0.2, 0.25) is 5.91 Å². The van der Waals surface area contributed by atoms with Crippen LogP contribution in [-0.4, -0.2) is 30.2 Å². The van der Waals surface area contributed by atoms with E-state index in [1.54, 1.807) is 19.2 Å². The molecule has 4 heteroatoms. The van der Waals surface area contributed by atoms with Gasteiger partial charge in [0.25, 0.3) is 0 Å². The minimum absolute atomic E-state index is 0.0144. The number of hydroxylamine groups is 2. The number of carbonyl (C=O) groups excluding carboxylic acids is 1. The lowest BCUT2D eigenvalue weighted by Gasteiger charge is -2.13. The molecule has 1 saturated carbocycles. The van der Waals surface area contributed by atoms with E-state index in [-0.39, 0.29) is 23.5 Å². The summed E-state index contributed by atoms with van der Waals surface area (Å²) in [5.74, 6) is 0.557. The maximum Gasteiger partial charge on any atom is 0.249 e. The molecule has 2 rings (SSSR count). The zero-order valence-electron chi connectivity index (χ0n) is 9.38. The Morgan fingerprint density at radius 2 is 2.06 bits per heavy atom. The number of amides is 1. The third-order valence-corrected chi connectivity index (χ3v) is 3.01. The van der Waals surface area contributed by atoms with Crippen LogP contribution in [0.4, 0.5) is 0 Å². The van der Waals surface area contributed by atoms with E-state index in [2.05, 4.69) is 0 Å². The van der Waals surface area contributed by atoms with Crippen molar-refractivity contribution in [2.75, 3.05) is 14.2 Å². The largest absolute Gasteiger partial charge is 0.508 e. The van der Waals surface area contributed by atoms with Gasteiger partial charge in [-0.05, 0) is 30.0 Å². The van der Waals surface area contributed by atoms with Crippen molar-refractivity contribution in [3.05, 3.63) is 29.8 Å². The van der Waals surface area contributed by atoms with Gasteiger partial charge in [0.05, 0.1) is 7.11 Å².